The van der Waals surface area contributed by atoms with Gasteiger partial charge in [0.25, 0.3) is 0 Å². The van der Waals surface area contributed by atoms with E-state index in [1.165, 1.54) is 0 Å². The highest BCUT2D eigenvalue weighted by molar-refractivity contribution is 4.89. The van der Waals surface area contributed by atoms with Crippen LogP contribution in [-0.2, 0) is 11.2 Å². The zero-order chi connectivity index (χ0) is 11.8. The molecule has 5 heteroatoms. The summed E-state index contributed by atoms with van der Waals surface area (Å²) in [5.41, 5.74) is 0. The molecule has 0 aliphatic heterocycles. The zero-order valence-electron chi connectivity index (χ0n) is 10.3. The van der Waals surface area contributed by atoms with Crippen LogP contribution in [0.4, 0.5) is 0 Å². The van der Waals surface area contributed by atoms with Crippen molar-refractivity contribution in [3.8, 4) is 0 Å². The molecule has 16 heavy (non-hydrogen) atoms. The topological polar surface area (TPSA) is 60.2 Å². The average Bonchev–Trinajstić information content (AvgIpc) is 2.75. The molecule has 92 valence electrons. The normalized spacial score (nSPS) is 12.9. The first-order valence-corrected chi connectivity index (χ1v) is 5.95. The molecule has 0 amide bonds. The molecule has 0 fully saturated rings. The Bertz CT molecular complexity index is 289. The number of ether oxygens (including phenoxy) is 1. The summed E-state index contributed by atoms with van der Waals surface area (Å²) in [5.74, 6) is 1.33. The lowest BCUT2D eigenvalue weighted by atomic mass is 10.2. The highest BCUT2D eigenvalue weighted by Gasteiger charge is 2.15. The second-order valence-corrected chi connectivity index (χ2v) is 3.50. The van der Waals surface area contributed by atoms with Crippen molar-refractivity contribution in [3.05, 3.63) is 11.8 Å². The molecule has 0 saturated heterocycles. The summed E-state index contributed by atoms with van der Waals surface area (Å²) in [6.45, 7) is 8.38. The van der Waals surface area contributed by atoms with Crippen molar-refractivity contribution in [1.29, 1.82) is 0 Å². The maximum Gasteiger partial charge on any atom is 0.233 e. The fourth-order valence-corrected chi connectivity index (χ4v) is 1.46. The van der Waals surface area contributed by atoms with Gasteiger partial charge in [-0.2, -0.15) is 0 Å². The Morgan fingerprint density at radius 1 is 1.31 bits per heavy atom. The van der Waals surface area contributed by atoms with Crippen molar-refractivity contribution in [3.63, 3.8) is 0 Å². The Hall–Kier alpha value is -0.940. The number of rotatable bonds is 8. The molecule has 0 aliphatic rings. The first-order valence-electron chi connectivity index (χ1n) is 5.95. The SMILES string of the molecule is CCNC(CC)c1nnc(CCOCC)o1. The van der Waals surface area contributed by atoms with Gasteiger partial charge in [-0.15, -0.1) is 10.2 Å². The summed E-state index contributed by atoms with van der Waals surface area (Å²) in [5, 5.41) is 11.4. The molecule has 0 aromatic carbocycles. The van der Waals surface area contributed by atoms with Gasteiger partial charge in [0.1, 0.15) is 0 Å². The second-order valence-electron chi connectivity index (χ2n) is 3.50. The standard InChI is InChI=1S/C11H21N3O2/c1-4-9(12-5-2)11-14-13-10(16-11)7-8-15-6-3/h9,12H,4-8H2,1-3H3. The Kier molecular flexibility index (Phi) is 6.03. The number of hydrogen-bond donors (Lipinski definition) is 1. The molecule has 1 unspecified atom stereocenters. The van der Waals surface area contributed by atoms with E-state index >= 15 is 0 Å². The molecular formula is C11H21N3O2. The summed E-state index contributed by atoms with van der Waals surface area (Å²) >= 11 is 0. The molecule has 1 rings (SSSR count). The van der Waals surface area contributed by atoms with Gasteiger partial charge in [-0.1, -0.05) is 13.8 Å². The number of aromatic nitrogens is 2. The van der Waals surface area contributed by atoms with E-state index in [-0.39, 0.29) is 6.04 Å². The van der Waals surface area contributed by atoms with Gasteiger partial charge < -0.3 is 14.5 Å². The quantitative estimate of drug-likeness (QED) is 0.685. The van der Waals surface area contributed by atoms with Gasteiger partial charge in [0.15, 0.2) is 0 Å². The van der Waals surface area contributed by atoms with Crippen LogP contribution >= 0.6 is 0 Å². The van der Waals surface area contributed by atoms with E-state index in [9.17, 15) is 0 Å². The van der Waals surface area contributed by atoms with Crippen molar-refractivity contribution >= 4 is 0 Å². The lowest BCUT2D eigenvalue weighted by Gasteiger charge is -2.09. The highest BCUT2D eigenvalue weighted by atomic mass is 16.5. The minimum atomic E-state index is 0.165. The van der Waals surface area contributed by atoms with Gasteiger partial charge in [0.05, 0.1) is 12.6 Å². The average molecular weight is 227 g/mol. The maximum atomic E-state index is 5.57. The van der Waals surface area contributed by atoms with Crippen molar-refractivity contribution in [2.75, 3.05) is 19.8 Å². The van der Waals surface area contributed by atoms with Crippen LogP contribution in [0.2, 0.25) is 0 Å². The molecule has 1 heterocycles. The monoisotopic (exact) mass is 227 g/mol. The Morgan fingerprint density at radius 3 is 2.75 bits per heavy atom. The molecular weight excluding hydrogens is 206 g/mol. The van der Waals surface area contributed by atoms with Gasteiger partial charge in [0, 0.05) is 13.0 Å². The third kappa shape index (κ3) is 3.90. The number of hydrogen-bond acceptors (Lipinski definition) is 5. The zero-order valence-corrected chi connectivity index (χ0v) is 10.3. The molecule has 0 saturated carbocycles. The summed E-state index contributed by atoms with van der Waals surface area (Å²) in [7, 11) is 0. The van der Waals surface area contributed by atoms with Crippen molar-refractivity contribution in [2.24, 2.45) is 0 Å². The Morgan fingerprint density at radius 2 is 2.12 bits per heavy atom. The molecule has 1 aromatic rings. The Labute approximate surface area is 96.6 Å². The molecule has 0 aliphatic carbocycles. The van der Waals surface area contributed by atoms with Crippen LogP contribution in [0, 0.1) is 0 Å². The van der Waals surface area contributed by atoms with Crippen LogP contribution in [0.3, 0.4) is 0 Å². The third-order valence-electron chi connectivity index (χ3n) is 2.30. The van der Waals surface area contributed by atoms with Gasteiger partial charge in [-0.05, 0) is 19.9 Å². The highest BCUT2D eigenvalue weighted by Crippen LogP contribution is 2.14. The van der Waals surface area contributed by atoms with E-state index in [1.807, 2.05) is 6.92 Å². The van der Waals surface area contributed by atoms with E-state index in [0.29, 0.717) is 24.8 Å². The van der Waals surface area contributed by atoms with Crippen molar-refractivity contribution < 1.29 is 9.15 Å². The van der Waals surface area contributed by atoms with Crippen molar-refractivity contribution in [1.82, 2.24) is 15.5 Å². The summed E-state index contributed by atoms with van der Waals surface area (Å²) < 4.78 is 10.8. The number of nitrogens with zero attached hydrogens (tertiary/aromatic N) is 2. The molecule has 1 aromatic heterocycles. The van der Waals surface area contributed by atoms with E-state index in [2.05, 4.69) is 29.4 Å². The minimum absolute atomic E-state index is 0.165. The predicted molar refractivity (Wildman–Crippen MR) is 61.2 cm³/mol. The first kappa shape index (κ1) is 13.1. The van der Waals surface area contributed by atoms with Crippen LogP contribution in [0.5, 0.6) is 0 Å². The van der Waals surface area contributed by atoms with Gasteiger partial charge in [-0.3, -0.25) is 0 Å². The fraction of sp³-hybridized carbons (Fsp3) is 0.818. The summed E-state index contributed by atoms with van der Waals surface area (Å²) in [6.07, 6.45) is 1.63. The molecule has 0 spiro atoms. The Balaban J connectivity index is 2.48. The molecule has 5 nitrogen and oxygen atoms in total. The van der Waals surface area contributed by atoms with Gasteiger partial charge in [0.2, 0.25) is 11.8 Å². The summed E-state index contributed by atoms with van der Waals surface area (Å²) in [6, 6.07) is 0.165. The number of nitrogens with one attached hydrogen (secondary N) is 1. The minimum Gasteiger partial charge on any atom is -0.423 e. The van der Waals surface area contributed by atoms with Crippen molar-refractivity contribution in [2.45, 2.75) is 39.7 Å². The van der Waals surface area contributed by atoms with Crippen LogP contribution in [0.1, 0.15) is 45.0 Å². The lowest BCUT2D eigenvalue weighted by Crippen LogP contribution is -2.20. The summed E-state index contributed by atoms with van der Waals surface area (Å²) in [4.78, 5) is 0. The largest absolute Gasteiger partial charge is 0.423 e. The lowest BCUT2D eigenvalue weighted by molar-refractivity contribution is 0.145. The van der Waals surface area contributed by atoms with E-state index in [0.717, 1.165) is 19.6 Å². The van der Waals surface area contributed by atoms with E-state index in [1.54, 1.807) is 0 Å². The fourth-order valence-electron chi connectivity index (χ4n) is 1.46. The molecule has 1 atom stereocenters. The first-order chi connectivity index (χ1) is 7.81. The van der Waals surface area contributed by atoms with Crippen LogP contribution in [-0.4, -0.2) is 30.0 Å². The van der Waals surface area contributed by atoms with Crippen LogP contribution in [0.25, 0.3) is 0 Å². The smallest absolute Gasteiger partial charge is 0.233 e. The van der Waals surface area contributed by atoms with Crippen LogP contribution < -0.4 is 5.32 Å². The van der Waals surface area contributed by atoms with Crippen LogP contribution in [0.15, 0.2) is 4.42 Å². The predicted octanol–water partition coefficient (Wildman–Crippen LogP) is 1.71. The molecule has 1 N–H and O–H groups in total. The van der Waals surface area contributed by atoms with E-state index < -0.39 is 0 Å². The van der Waals surface area contributed by atoms with Gasteiger partial charge >= 0.3 is 0 Å². The van der Waals surface area contributed by atoms with E-state index in [4.69, 9.17) is 9.15 Å². The maximum absolute atomic E-state index is 5.57. The third-order valence-corrected chi connectivity index (χ3v) is 2.30. The molecule has 0 bridgehead atoms. The second kappa shape index (κ2) is 7.35. The molecule has 0 radical (unpaired) electrons. The van der Waals surface area contributed by atoms with Gasteiger partial charge in [-0.25, -0.2) is 0 Å².